The smallest absolute Gasteiger partial charge is 0.261 e. The van der Waals surface area contributed by atoms with Crippen molar-refractivity contribution in [2.45, 2.75) is 82.3 Å². The lowest BCUT2D eigenvalue weighted by atomic mass is 9.95. The molecule has 34 heavy (non-hydrogen) atoms. The van der Waals surface area contributed by atoms with Crippen LogP contribution in [0.2, 0.25) is 5.04 Å². The number of benzene rings is 2. The van der Waals surface area contributed by atoms with Gasteiger partial charge >= 0.3 is 0 Å². The third-order valence-corrected chi connectivity index (χ3v) is 12.0. The van der Waals surface area contributed by atoms with Crippen LogP contribution < -0.4 is 10.4 Å². The number of hydrogen-bond acceptors (Lipinski definition) is 4. The third-order valence-electron chi connectivity index (χ3n) is 7.04. The van der Waals surface area contributed by atoms with Crippen LogP contribution in [-0.2, 0) is 13.9 Å². The zero-order valence-corrected chi connectivity index (χ0v) is 22.3. The summed E-state index contributed by atoms with van der Waals surface area (Å²) in [6.45, 7) is 11.1. The number of hydrogen-bond donors (Lipinski definition) is 1. The molecule has 4 nitrogen and oxygen atoms in total. The number of ether oxygens (including phenoxy) is 2. The Morgan fingerprint density at radius 1 is 1.12 bits per heavy atom. The molecule has 2 aromatic carbocycles. The summed E-state index contributed by atoms with van der Waals surface area (Å²) in [5, 5.41) is 12.7. The zero-order valence-electron chi connectivity index (χ0n) is 21.3. The molecule has 186 valence electrons. The minimum absolute atomic E-state index is 0.0492. The SMILES string of the molecule is C=CC[C@H](O)CC[C@@]1(OC)CCC[C@@H](CO[Si](c2ccccc2)(c2ccccc2)C(C)(C)C)O1. The van der Waals surface area contributed by atoms with E-state index in [2.05, 4.69) is 88.0 Å². The van der Waals surface area contributed by atoms with Crippen LogP contribution in [0.4, 0.5) is 0 Å². The molecule has 1 fully saturated rings. The Kier molecular flexibility index (Phi) is 9.30. The van der Waals surface area contributed by atoms with E-state index in [1.807, 2.05) is 0 Å². The van der Waals surface area contributed by atoms with E-state index in [4.69, 9.17) is 13.9 Å². The highest BCUT2D eigenvalue weighted by atomic mass is 28.4. The largest absolute Gasteiger partial charge is 0.405 e. The van der Waals surface area contributed by atoms with Gasteiger partial charge in [0.05, 0.1) is 18.8 Å². The van der Waals surface area contributed by atoms with Crippen molar-refractivity contribution in [3.8, 4) is 0 Å². The normalized spacial score (nSPS) is 22.3. The molecule has 2 aromatic rings. The second-order valence-corrected chi connectivity index (χ2v) is 14.7. The first kappa shape index (κ1) is 26.8. The van der Waals surface area contributed by atoms with Gasteiger partial charge in [0.2, 0.25) is 0 Å². The molecule has 0 bridgehead atoms. The van der Waals surface area contributed by atoms with Crippen molar-refractivity contribution >= 4 is 18.7 Å². The van der Waals surface area contributed by atoms with Gasteiger partial charge in [-0.25, -0.2) is 0 Å². The average molecular weight is 483 g/mol. The minimum atomic E-state index is -2.61. The summed E-state index contributed by atoms with van der Waals surface area (Å²) in [5.74, 6) is -0.667. The van der Waals surface area contributed by atoms with E-state index in [0.29, 0.717) is 25.9 Å². The van der Waals surface area contributed by atoms with Crippen molar-refractivity contribution < 1.29 is 19.0 Å². The van der Waals surface area contributed by atoms with Crippen molar-refractivity contribution in [3.63, 3.8) is 0 Å². The van der Waals surface area contributed by atoms with Gasteiger partial charge in [-0.15, -0.1) is 6.58 Å². The van der Waals surface area contributed by atoms with Gasteiger partial charge in [0.25, 0.3) is 8.32 Å². The Bertz CT molecular complexity index is 841. The molecule has 5 heteroatoms. The highest BCUT2D eigenvalue weighted by molar-refractivity contribution is 6.99. The van der Waals surface area contributed by atoms with Crippen LogP contribution in [-0.4, -0.2) is 45.1 Å². The summed E-state index contributed by atoms with van der Waals surface area (Å²) in [6, 6.07) is 21.4. The lowest BCUT2D eigenvalue weighted by molar-refractivity contribution is -0.277. The van der Waals surface area contributed by atoms with Crippen LogP contribution >= 0.6 is 0 Å². The number of rotatable bonds is 11. The molecule has 0 unspecified atom stereocenters. The summed E-state index contributed by atoms with van der Waals surface area (Å²) in [6.07, 6.45) is 5.95. The van der Waals surface area contributed by atoms with Gasteiger partial charge in [-0.1, -0.05) is 87.5 Å². The highest BCUT2D eigenvalue weighted by Crippen LogP contribution is 2.39. The molecule has 3 atom stereocenters. The molecular formula is C29H42O4Si. The second-order valence-electron chi connectivity index (χ2n) is 10.4. The number of aliphatic hydroxyl groups is 1. The first-order valence-corrected chi connectivity index (χ1v) is 14.4. The van der Waals surface area contributed by atoms with E-state index in [-0.39, 0.29) is 11.1 Å². The van der Waals surface area contributed by atoms with Gasteiger partial charge in [-0.2, -0.15) is 0 Å². The van der Waals surface area contributed by atoms with E-state index in [1.165, 1.54) is 10.4 Å². The average Bonchev–Trinajstić information content (AvgIpc) is 2.84. The van der Waals surface area contributed by atoms with E-state index < -0.39 is 20.2 Å². The summed E-state index contributed by atoms with van der Waals surface area (Å²) in [4.78, 5) is 0. The highest BCUT2D eigenvalue weighted by Gasteiger charge is 2.51. The first-order valence-electron chi connectivity index (χ1n) is 12.5. The van der Waals surface area contributed by atoms with Gasteiger partial charge in [0.15, 0.2) is 5.79 Å². The number of aliphatic hydroxyl groups excluding tert-OH is 1. The predicted molar refractivity (Wildman–Crippen MR) is 142 cm³/mol. The molecular weight excluding hydrogens is 440 g/mol. The molecule has 0 aliphatic carbocycles. The zero-order chi connectivity index (χ0) is 24.7. The molecule has 1 heterocycles. The molecule has 1 saturated heterocycles. The van der Waals surface area contributed by atoms with Crippen molar-refractivity contribution in [2.75, 3.05) is 13.7 Å². The predicted octanol–water partition coefficient (Wildman–Crippen LogP) is 5.19. The van der Waals surface area contributed by atoms with E-state index in [1.54, 1.807) is 13.2 Å². The van der Waals surface area contributed by atoms with Crippen LogP contribution in [0.1, 0.15) is 59.3 Å². The lowest BCUT2D eigenvalue weighted by Crippen LogP contribution is -2.67. The fraction of sp³-hybridized carbons (Fsp3) is 0.517. The van der Waals surface area contributed by atoms with Crippen LogP contribution in [0.25, 0.3) is 0 Å². The fourth-order valence-electron chi connectivity index (χ4n) is 5.25. The third kappa shape index (κ3) is 6.07. The van der Waals surface area contributed by atoms with Crippen LogP contribution in [0.5, 0.6) is 0 Å². The van der Waals surface area contributed by atoms with E-state index in [9.17, 15) is 5.11 Å². The maximum absolute atomic E-state index is 10.2. The van der Waals surface area contributed by atoms with Gasteiger partial charge in [-0.05, 0) is 41.1 Å². The molecule has 3 rings (SSSR count). The Balaban J connectivity index is 1.85. The van der Waals surface area contributed by atoms with Crippen molar-refractivity contribution in [3.05, 3.63) is 73.3 Å². The molecule has 0 aromatic heterocycles. The Morgan fingerprint density at radius 3 is 2.21 bits per heavy atom. The molecule has 0 spiro atoms. The van der Waals surface area contributed by atoms with Crippen molar-refractivity contribution in [1.29, 1.82) is 0 Å². The van der Waals surface area contributed by atoms with Crippen LogP contribution in [0.3, 0.4) is 0 Å². The Labute approximate surface area is 207 Å². The standard InChI is InChI=1S/C29H42O4Si/c1-6-14-24(30)20-22-29(31-5)21-13-15-25(33-29)23-32-34(28(2,3)4,26-16-9-7-10-17-26)27-18-11-8-12-19-27/h6-12,16-19,24-25,30H,1,13-15,20-23H2,2-5H3/t24-,25-,29+/m0/s1. The molecule has 0 amide bonds. The molecule has 1 aliphatic rings. The molecule has 1 N–H and O–H groups in total. The quantitative estimate of drug-likeness (QED) is 0.354. The first-order chi connectivity index (χ1) is 16.3. The Morgan fingerprint density at radius 2 is 1.71 bits per heavy atom. The molecule has 0 radical (unpaired) electrons. The van der Waals surface area contributed by atoms with Gasteiger partial charge in [-0.3, -0.25) is 0 Å². The second kappa shape index (κ2) is 11.8. The lowest BCUT2D eigenvalue weighted by Gasteiger charge is -2.45. The summed E-state index contributed by atoms with van der Waals surface area (Å²) >= 11 is 0. The topological polar surface area (TPSA) is 47.9 Å². The molecule has 0 saturated carbocycles. The van der Waals surface area contributed by atoms with Gasteiger partial charge in [0.1, 0.15) is 0 Å². The summed E-state index contributed by atoms with van der Waals surface area (Å²) in [5.41, 5.74) is 0. The van der Waals surface area contributed by atoms with Gasteiger partial charge < -0.3 is 19.0 Å². The number of methoxy groups -OCH3 is 1. The van der Waals surface area contributed by atoms with Crippen molar-refractivity contribution in [1.82, 2.24) is 0 Å². The fourth-order valence-corrected chi connectivity index (χ4v) is 9.84. The molecule has 1 aliphatic heterocycles. The minimum Gasteiger partial charge on any atom is -0.405 e. The van der Waals surface area contributed by atoms with Crippen LogP contribution in [0, 0.1) is 0 Å². The van der Waals surface area contributed by atoms with Gasteiger partial charge in [0, 0.05) is 20.0 Å². The van der Waals surface area contributed by atoms with E-state index in [0.717, 1.165) is 19.3 Å². The van der Waals surface area contributed by atoms with Crippen molar-refractivity contribution in [2.24, 2.45) is 0 Å². The Hall–Kier alpha value is -1.76. The van der Waals surface area contributed by atoms with E-state index >= 15 is 0 Å². The van der Waals surface area contributed by atoms with Crippen LogP contribution in [0.15, 0.2) is 73.3 Å². The monoisotopic (exact) mass is 482 g/mol. The maximum Gasteiger partial charge on any atom is 0.261 e. The summed E-state index contributed by atoms with van der Waals surface area (Å²) < 4.78 is 19.6. The maximum atomic E-state index is 10.2. The summed E-state index contributed by atoms with van der Waals surface area (Å²) in [7, 11) is -0.895.